The van der Waals surface area contributed by atoms with Crippen molar-refractivity contribution in [2.75, 3.05) is 6.61 Å². The highest BCUT2D eigenvalue weighted by molar-refractivity contribution is 6.00. The first kappa shape index (κ1) is 13.9. The highest BCUT2D eigenvalue weighted by Gasteiger charge is 2.17. The Morgan fingerprint density at radius 1 is 1.30 bits per heavy atom. The lowest BCUT2D eigenvalue weighted by Crippen LogP contribution is -2.15. The van der Waals surface area contributed by atoms with Crippen LogP contribution in [0.15, 0.2) is 24.7 Å². The molecule has 0 aliphatic heterocycles. The maximum Gasteiger partial charge on any atom is 0.358 e. The van der Waals surface area contributed by atoms with Crippen LogP contribution < -0.4 is 0 Å². The second-order valence-electron chi connectivity index (χ2n) is 4.43. The highest BCUT2D eigenvalue weighted by atomic mass is 16.5. The summed E-state index contributed by atoms with van der Waals surface area (Å²) in [5.74, 6) is -0.889. The van der Waals surface area contributed by atoms with E-state index in [4.69, 9.17) is 4.74 Å². The van der Waals surface area contributed by atoms with Crippen LogP contribution in [0.3, 0.4) is 0 Å². The molecule has 0 aromatic carbocycles. The Morgan fingerprint density at radius 3 is 2.60 bits per heavy atom. The number of aryl methyl sites for hydroxylation is 1. The van der Waals surface area contributed by atoms with Crippen LogP contribution in [0.4, 0.5) is 0 Å². The molecule has 6 nitrogen and oxygen atoms in total. The number of esters is 1. The number of ketones is 1. The molecule has 0 radical (unpaired) electrons. The Balaban J connectivity index is 2.02. The minimum Gasteiger partial charge on any atom is -0.453 e. The van der Waals surface area contributed by atoms with Gasteiger partial charge in [0.05, 0.1) is 6.20 Å². The van der Waals surface area contributed by atoms with Crippen LogP contribution >= 0.6 is 0 Å². The average molecular weight is 273 g/mol. The van der Waals surface area contributed by atoms with E-state index in [2.05, 4.69) is 9.97 Å². The molecule has 0 amide bonds. The van der Waals surface area contributed by atoms with Crippen LogP contribution in [0.1, 0.15) is 32.2 Å². The Morgan fingerprint density at radius 2 is 2.05 bits per heavy atom. The third kappa shape index (κ3) is 2.74. The molecule has 0 N–H and O–H groups in total. The van der Waals surface area contributed by atoms with Crippen molar-refractivity contribution < 1.29 is 14.3 Å². The molecule has 0 bridgehead atoms. The van der Waals surface area contributed by atoms with Gasteiger partial charge in [0.25, 0.3) is 0 Å². The molecule has 2 rings (SSSR count). The van der Waals surface area contributed by atoms with Gasteiger partial charge in [0.15, 0.2) is 12.3 Å². The summed E-state index contributed by atoms with van der Waals surface area (Å²) in [6, 6.07) is 1.79. The normalized spacial score (nSPS) is 10.3. The number of nitrogens with zero attached hydrogens (tertiary/aromatic N) is 3. The first-order valence-corrected chi connectivity index (χ1v) is 6.10. The van der Waals surface area contributed by atoms with E-state index in [-0.39, 0.29) is 18.1 Å². The zero-order valence-corrected chi connectivity index (χ0v) is 11.6. The number of carbonyl (C=O) groups excluding carboxylic acids is 2. The van der Waals surface area contributed by atoms with Crippen molar-refractivity contribution in [1.29, 1.82) is 0 Å². The SMILES string of the molecule is Cc1cc(C(=O)COC(=O)c2cnccn2)c(C)n1C. The Hall–Kier alpha value is -2.50. The summed E-state index contributed by atoms with van der Waals surface area (Å²) in [6.07, 6.45) is 4.14. The molecule has 0 fully saturated rings. The summed E-state index contributed by atoms with van der Waals surface area (Å²) in [5.41, 5.74) is 2.48. The van der Waals surface area contributed by atoms with Crippen LogP contribution in [0.5, 0.6) is 0 Å². The predicted molar refractivity (Wildman–Crippen MR) is 71.5 cm³/mol. The third-order valence-electron chi connectivity index (χ3n) is 3.18. The quantitative estimate of drug-likeness (QED) is 0.623. The molecule has 0 saturated carbocycles. The van der Waals surface area contributed by atoms with Gasteiger partial charge in [-0.15, -0.1) is 0 Å². The van der Waals surface area contributed by atoms with E-state index in [1.165, 1.54) is 18.6 Å². The fourth-order valence-electron chi connectivity index (χ4n) is 1.82. The molecule has 0 aliphatic carbocycles. The lowest BCUT2D eigenvalue weighted by Gasteiger charge is -2.04. The van der Waals surface area contributed by atoms with Gasteiger partial charge in [-0.2, -0.15) is 0 Å². The van der Waals surface area contributed by atoms with Crippen molar-refractivity contribution >= 4 is 11.8 Å². The molecule has 104 valence electrons. The summed E-state index contributed by atoms with van der Waals surface area (Å²) in [5, 5.41) is 0. The van der Waals surface area contributed by atoms with E-state index in [0.717, 1.165) is 11.4 Å². The van der Waals surface area contributed by atoms with Crippen molar-refractivity contribution in [2.24, 2.45) is 7.05 Å². The van der Waals surface area contributed by atoms with Crippen LogP contribution in [0.25, 0.3) is 0 Å². The van der Waals surface area contributed by atoms with Crippen LogP contribution in [-0.4, -0.2) is 32.9 Å². The van der Waals surface area contributed by atoms with E-state index in [0.29, 0.717) is 5.56 Å². The van der Waals surface area contributed by atoms with E-state index in [9.17, 15) is 9.59 Å². The number of ether oxygens (including phenoxy) is 1. The third-order valence-corrected chi connectivity index (χ3v) is 3.18. The number of aromatic nitrogens is 3. The Bertz CT molecular complexity index is 647. The van der Waals surface area contributed by atoms with Gasteiger partial charge in [0.1, 0.15) is 0 Å². The molecule has 0 spiro atoms. The highest BCUT2D eigenvalue weighted by Crippen LogP contribution is 2.14. The smallest absolute Gasteiger partial charge is 0.358 e. The number of hydrogen-bond donors (Lipinski definition) is 0. The zero-order chi connectivity index (χ0) is 14.7. The van der Waals surface area contributed by atoms with Gasteiger partial charge >= 0.3 is 5.97 Å². The number of hydrogen-bond acceptors (Lipinski definition) is 5. The lowest BCUT2D eigenvalue weighted by atomic mass is 10.1. The molecule has 0 unspecified atom stereocenters. The van der Waals surface area contributed by atoms with E-state index in [1.54, 1.807) is 6.07 Å². The van der Waals surface area contributed by atoms with Gasteiger partial charge in [-0.3, -0.25) is 9.78 Å². The minimum absolute atomic E-state index is 0.0845. The van der Waals surface area contributed by atoms with E-state index in [1.807, 2.05) is 25.5 Å². The van der Waals surface area contributed by atoms with E-state index < -0.39 is 5.97 Å². The molecular formula is C14H15N3O3. The first-order chi connectivity index (χ1) is 9.50. The van der Waals surface area contributed by atoms with Crippen LogP contribution in [0.2, 0.25) is 0 Å². The molecular weight excluding hydrogens is 258 g/mol. The Labute approximate surface area is 116 Å². The monoisotopic (exact) mass is 273 g/mol. The van der Waals surface area contributed by atoms with Crippen molar-refractivity contribution in [3.05, 3.63) is 47.3 Å². The van der Waals surface area contributed by atoms with Crippen molar-refractivity contribution in [3.63, 3.8) is 0 Å². The molecule has 0 saturated heterocycles. The molecule has 0 atom stereocenters. The second-order valence-corrected chi connectivity index (χ2v) is 4.43. The van der Waals surface area contributed by atoms with Gasteiger partial charge in [-0.1, -0.05) is 0 Å². The number of carbonyl (C=O) groups is 2. The fourth-order valence-corrected chi connectivity index (χ4v) is 1.82. The maximum atomic E-state index is 12.0. The molecule has 2 aromatic rings. The van der Waals surface area contributed by atoms with Gasteiger partial charge in [-0.05, 0) is 19.9 Å². The van der Waals surface area contributed by atoms with Gasteiger partial charge in [0, 0.05) is 36.4 Å². The topological polar surface area (TPSA) is 74.1 Å². The van der Waals surface area contributed by atoms with E-state index >= 15 is 0 Å². The molecule has 6 heteroatoms. The van der Waals surface area contributed by atoms with Crippen molar-refractivity contribution in [2.45, 2.75) is 13.8 Å². The van der Waals surface area contributed by atoms with Gasteiger partial charge in [-0.25, -0.2) is 9.78 Å². The second kappa shape index (κ2) is 5.64. The number of rotatable bonds is 4. The summed E-state index contributed by atoms with van der Waals surface area (Å²) in [4.78, 5) is 31.3. The fraction of sp³-hybridized carbons (Fsp3) is 0.286. The summed E-state index contributed by atoms with van der Waals surface area (Å²) >= 11 is 0. The minimum atomic E-state index is -0.656. The van der Waals surface area contributed by atoms with Crippen molar-refractivity contribution in [1.82, 2.24) is 14.5 Å². The Kier molecular flexibility index (Phi) is 3.93. The molecule has 2 heterocycles. The van der Waals surface area contributed by atoms with Gasteiger partial charge in [0.2, 0.25) is 5.78 Å². The lowest BCUT2D eigenvalue weighted by molar-refractivity contribution is 0.0468. The summed E-state index contributed by atoms with van der Waals surface area (Å²) in [6.45, 7) is 3.46. The van der Waals surface area contributed by atoms with Crippen molar-refractivity contribution in [3.8, 4) is 0 Å². The first-order valence-electron chi connectivity index (χ1n) is 6.10. The summed E-state index contributed by atoms with van der Waals surface area (Å²) < 4.78 is 6.86. The van der Waals surface area contributed by atoms with Crippen LogP contribution in [0, 0.1) is 13.8 Å². The average Bonchev–Trinajstić information content (AvgIpc) is 2.73. The number of Topliss-reactive ketones (excluding diaryl/α,β-unsaturated/α-hetero) is 1. The maximum absolute atomic E-state index is 12.0. The van der Waals surface area contributed by atoms with Gasteiger partial charge < -0.3 is 9.30 Å². The summed E-state index contributed by atoms with van der Waals surface area (Å²) in [7, 11) is 1.88. The standard InChI is InChI=1S/C14H15N3O3/c1-9-6-11(10(2)17(9)3)13(18)8-20-14(19)12-7-15-4-5-16-12/h4-7H,8H2,1-3H3. The largest absolute Gasteiger partial charge is 0.453 e. The zero-order valence-electron chi connectivity index (χ0n) is 11.6. The molecule has 20 heavy (non-hydrogen) atoms. The van der Waals surface area contributed by atoms with Crippen LogP contribution in [-0.2, 0) is 11.8 Å². The predicted octanol–water partition coefficient (Wildman–Crippen LogP) is 1.47. The molecule has 2 aromatic heterocycles. The molecule has 0 aliphatic rings.